The molecule has 0 radical (unpaired) electrons. The Morgan fingerprint density at radius 2 is 2.21 bits per heavy atom. The van der Waals surface area contributed by atoms with Crippen LogP contribution in [0.5, 0.6) is 0 Å². The summed E-state index contributed by atoms with van der Waals surface area (Å²) in [4.78, 5) is 10.3. The van der Waals surface area contributed by atoms with Gasteiger partial charge in [-0.3, -0.25) is 10.1 Å². The molecular weight excluding hydrogens is 255 g/mol. The van der Waals surface area contributed by atoms with E-state index in [0.29, 0.717) is 0 Å². The molecule has 1 unspecified atom stereocenters. The van der Waals surface area contributed by atoms with Gasteiger partial charge in [-0.15, -0.1) is 10.2 Å². The fraction of sp³-hybridized carbons (Fsp3) is 0.273. The molecule has 0 amide bonds. The minimum absolute atomic E-state index is 0.0351. The van der Waals surface area contributed by atoms with Crippen molar-refractivity contribution in [3.8, 4) is 11.5 Å². The van der Waals surface area contributed by atoms with E-state index >= 15 is 0 Å². The number of halogens is 1. The zero-order valence-electron chi connectivity index (χ0n) is 10.3. The maximum atomic E-state index is 13.2. The predicted octanol–water partition coefficient (Wildman–Crippen LogP) is 2.06. The molecule has 0 fully saturated rings. The molecule has 0 aliphatic heterocycles. The van der Waals surface area contributed by atoms with E-state index in [1.54, 1.807) is 14.0 Å². The zero-order valence-corrected chi connectivity index (χ0v) is 10.3. The molecule has 1 aromatic carbocycles. The van der Waals surface area contributed by atoms with Crippen molar-refractivity contribution >= 4 is 5.69 Å². The lowest BCUT2D eigenvalue weighted by atomic mass is 10.2. The maximum absolute atomic E-state index is 13.2. The van der Waals surface area contributed by atoms with Gasteiger partial charge in [-0.1, -0.05) is 0 Å². The van der Waals surface area contributed by atoms with Crippen LogP contribution < -0.4 is 5.32 Å². The molecule has 0 aliphatic carbocycles. The zero-order chi connectivity index (χ0) is 14.0. The van der Waals surface area contributed by atoms with Gasteiger partial charge in [0.25, 0.3) is 11.6 Å². The number of aromatic nitrogens is 2. The molecule has 100 valence electrons. The quantitative estimate of drug-likeness (QED) is 0.672. The molecule has 19 heavy (non-hydrogen) atoms. The number of nitrogens with one attached hydrogen (secondary N) is 1. The third-order valence-corrected chi connectivity index (χ3v) is 2.63. The number of benzene rings is 1. The van der Waals surface area contributed by atoms with Gasteiger partial charge in [0.2, 0.25) is 5.89 Å². The summed E-state index contributed by atoms with van der Waals surface area (Å²) in [7, 11) is 1.71. The number of hydrogen-bond acceptors (Lipinski definition) is 6. The Morgan fingerprint density at radius 1 is 1.47 bits per heavy atom. The fourth-order valence-corrected chi connectivity index (χ4v) is 1.48. The highest BCUT2D eigenvalue weighted by molar-refractivity contribution is 5.66. The van der Waals surface area contributed by atoms with Gasteiger partial charge in [0, 0.05) is 6.07 Å². The molecule has 0 aliphatic rings. The Hall–Kier alpha value is -2.35. The molecule has 0 saturated carbocycles. The molecule has 2 aromatic rings. The van der Waals surface area contributed by atoms with Crippen LogP contribution in [0.1, 0.15) is 18.9 Å². The van der Waals surface area contributed by atoms with Crippen molar-refractivity contribution in [1.82, 2.24) is 15.5 Å². The van der Waals surface area contributed by atoms with E-state index in [2.05, 4.69) is 15.5 Å². The smallest absolute Gasteiger partial charge is 0.282 e. The molecule has 7 nitrogen and oxygen atoms in total. The first-order valence-electron chi connectivity index (χ1n) is 5.48. The summed E-state index contributed by atoms with van der Waals surface area (Å²) in [6, 6.07) is 2.87. The normalized spacial score (nSPS) is 12.4. The summed E-state index contributed by atoms with van der Waals surface area (Å²) in [5.74, 6) is -0.415. The molecule has 0 bridgehead atoms. The highest BCUT2D eigenvalue weighted by Crippen LogP contribution is 2.30. The fourth-order valence-electron chi connectivity index (χ4n) is 1.48. The second-order valence-corrected chi connectivity index (χ2v) is 3.87. The van der Waals surface area contributed by atoms with Crippen LogP contribution >= 0.6 is 0 Å². The largest absolute Gasteiger partial charge is 0.419 e. The summed E-state index contributed by atoms with van der Waals surface area (Å²) in [6.07, 6.45) is 0. The molecule has 1 atom stereocenters. The predicted molar refractivity (Wildman–Crippen MR) is 63.8 cm³/mol. The van der Waals surface area contributed by atoms with E-state index in [4.69, 9.17) is 4.42 Å². The molecule has 8 heteroatoms. The average molecular weight is 266 g/mol. The van der Waals surface area contributed by atoms with E-state index in [1.165, 1.54) is 0 Å². The first-order chi connectivity index (χ1) is 9.02. The first-order valence-corrected chi connectivity index (χ1v) is 5.48. The van der Waals surface area contributed by atoms with Crippen LogP contribution in [0.2, 0.25) is 0 Å². The number of nitrogens with zero attached hydrogens (tertiary/aromatic N) is 3. The van der Waals surface area contributed by atoms with Crippen LogP contribution in [0.3, 0.4) is 0 Å². The van der Waals surface area contributed by atoms with Gasteiger partial charge in [0.15, 0.2) is 0 Å². The van der Waals surface area contributed by atoms with Crippen molar-refractivity contribution in [1.29, 1.82) is 0 Å². The van der Waals surface area contributed by atoms with Crippen molar-refractivity contribution in [2.24, 2.45) is 0 Å². The van der Waals surface area contributed by atoms with E-state index in [-0.39, 0.29) is 29.1 Å². The van der Waals surface area contributed by atoms with Crippen molar-refractivity contribution in [3.63, 3.8) is 0 Å². The van der Waals surface area contributed by atoms with E-state index < -0.39 is 10.7 Å². The molecule has 1 aromatic heterocycles. The standard InChI is InChI=1S/C11H11FN4O3/c1-6(13-2)10-14-15-11(19-10)8-5-7(12)3-4-9(8)16(17)18/h3-6,13H,1-2H3. The van der Waals surface area contributed by atoms with Gasteiger partial charge in [0.1, 0.15) is 11.4 Å². The van der Waals surface area contributed by atoms with Gasteiger partial charge in [0.05, 0.1) is 11.0 Å². The van der Waals surface area contributed by atoms with Crippen molar-refractivity contribution in [3.05, 3.63) is 40.0 Å². The summed E-state index contributed by atoms with van der Waals surface area (Å²) in [5, 5.41) is 21.3. The second kappa shape index (κ2) is 5.11. The van der Waals surface area contributed by atoms with Gasteiger partial charge in [-0.05, 0) is 26.1 Å². The maximum Gasteiger partial charge on any atom is 0.282 e. The minimum Gasteiger partial charge on any atom is -0.419 e. The molecule has 0 spiro atoms. The minimum atomic E-state index is -0.625. The second-order valence-electron chi connectivity index (χ2n) is 3.87. The van der Waals surface area contributed by atoms with Crippen LogP contribution in [0.25, 0.3) is 11.5 Å². The Kier molecular flexibility index (Phi) is 3.52. The van der Waals surface area contributed by atoms with Crippen LogP contribution in [0, 0.1) is 15.9 Å². The number of rotatable bonds is 4. The number of nitro benzene ring substituents is 1. The van der Waals surface area contributed by atoms with E-state index in [0.717, 1.165) is 18.2 Å². The van der Waals surface area contributed by atoms with Crippen LogP contribution in [-0.4, -0.2) is 22.2 Å². The van der Waals surface area contributed by atoms with E-state index in [9.17, 15) is 14.5 Å². The Balaban J connectivity index is 2.49. The third-order valence-electron chi connectivity index (χ3n) is 2.63. The van der Waals surface area contributed by atoms with Crippen LogP contribution in [0.15, 0.2) is 22.6 Å². The highest BCUT2D eigenvalue weighted by Gasteiger charge is 2.22. The Morgan fingerprint density at radius 3 is 2.84 bits per heavy atom. The lowest BCUT2D eigenvalue weighted by molar-refractivity contribution is -0.384. The molecule has 0 saturated heterocycles. The van der Waals surface area contributed by atoms with Crippen molar-refractivity contribution < 1.29 is 13.7 Å². The van der Waals surface area contributed by atoms with Gasteiger partial charge in [-0.25, -0.2) is 4.39 Å². The Bertz CT molecular complexity index is 614. The van der Waals surface area contributed by atoms with Gasteiger partial charge in [-0.2, -0.15) is 0 Å². The molecular formula is C11H11FN4O3. The number of nitro groups is 1. The molecule has 1 N–H and O–H groups in total. The summed E-state index contributed by atoms with van der Waals surface area (Å²) in [5.41, 5.74) is -0.319. The monoisotopic (exact) mass is 266 g/mol. The Labute approximate surface area is 107 Å². The van der Waals surface area contributed by atoms with Crippen LogP contribution in [-0.2, 0) is 0 Å². The van der Waals surface area contributed by atoms with Crippen LogP contribution in [0.4, 0.5) is 10.1 Å². The summed E-state index contributed by atoms with van der Waals surface area (Å²) >= 11 is 0. The third kappa shape index (κ3) is 2.58. The van der Waals surface area contributed by atoms with Crippen molar-refractivity contribution in [2.75, 3.05) is 7.05 Å². The summed E-state index contributed by atoms with van der Waals surface area (Å²) < 4.78 is 18.5. The van der Waals surface area contributed by atoms with Crippen molar-refractivity contribution in [2.45, 2.75) is 13.0 Å². The van der Waals surface area contributed by atoms with Gasteiger partial charge < -0.3 is 9.73 Å². The highest BCUT2D eigenvalue weighted by atomic mass is 19.1. The lowest BCUT2D eigenvalue weighted by Gasteiger charge is -2.02. The van der Waals surface area contributed by atoms with Gasteiger partial charge >= 0.3 is 0 Å². The first kappa shape index (κ1) is 13.1. The number of hydrogen-bond donors (Lipinski definition) is 1. The molecule has 1 heterocycles. The molecule has 2 rings (SSSR count). The topological polar surface area (TPSA) is 94.1 Å². The lowest BCUT2D eigenvalue weighted by Crippen LogP contribution is -2.12. The average Bonchev–Trinajstić information content (AvgIpc) is 2.86. The summed E-state index contributed by atoms with van der Waals surface area (Å²) in [6.45, 7) is 1.79. The van der Waals surface area contributed by atoms with E-state index in [1.807, 2.05) is 0 Å². The SMILES string of the molecule is CNC(C)c1nnc(-c2cc(F)ccc2[N+](=O)[O-])o1.